The van der Waals surface area contributed by atoms with E-state index in [-0.39, 0.29) is 18.0 Å². The van der Waals surface area contributed by atoms with Gasteiger partial charge in [0.2, 0.25) is 0 Å². The van der Waals surface area contributed by atoms with E-state index in [0.717, 1.165) is 24.2 Å². The Balaban J connectivity index is 1.27. The standard InChI is InChI=1S/C35H39N7O6/c1-22-19-29(40-48-22)38-33(43)24-10-14-27(15-11-24)46-28-16-17-36-32-30(28)31(39-42(32)20-23-8-12-26(45-5)13-9-23)37-25-7-6-18-41(21-25)34(44)47-35(2,3)4/h8-17,19,25H,6-7,18,20-21H2,1-5H3,(H,37,39)(H,38,40,43)/t25-/m1/s1. The number of carbonyl (C=O) groups is 2. The van der Waals surface area contributed by atoms with Crippen molar-refractivity contribution in [3.8, 4) is 17.2 Å². The number of anilines is 2. The van der Waals surface area contributed by atoms with Crippen LogP contribution in [0.15, 0.2) is 71.4 Å². The summed E-state index contributed by atoms with van der Waals surface area (Å²) in [5, 5.41) is 15.8. The summed E-state index contributed by atoms with van der Waals surface area (Å²) < 4.78 is 24.2. The molecule has 1 aliphatic heterocycles. The minimum absolute atomic E-state index is 0.0711. The summed E-state index contributed by atoms with van der Waals surface area (Å²) in [4.78, 5) is 32.0. The fourth-order valence-corrected chi connectivity index (χ4v) is 5.47. The molecular formula is C35H39N7O6. The minimum atomic E-state index is -0.579. The summed E-state index contributed by atoms with van der Waals surface area (Å²) in [6, 6.07) is 18.0. The van der Waals surface area contributed by atoms with Gasteiger partial charge in [-0.15, -0.1) is 0 Å². The Morgan fingerprint density at radius 2 is 1.79 bits per heavy atom. The Hall–Kier alpha value is -5.59. The zero-order chi connectivity index (χ0) is 33.8. The molecule has 4 heterocycles. The molecule has 0 spiro atoms. The fourth-order valence-electron chi connectivity index (χ4n) is 5.47. The van der Waals surface area contributed by atoms with Crippen molar-refractivity contribution in [2.45, 2.75) is 58.7 Å². The SMILES string of the molecule is COc1ccc(Cn2nc(N[C@@H]3CCCN(C(=O)OC(C)(C)C)C3)c3c(Oc4ccc(C(=O)Nc5cc(C)on5)cc4)ccnc32)cc1. The lowest BCUT2D eigenvalue weighted by atomic mass is 10.1. The number of rotatable bonds is 9. The molecule has 0 unspecified atom stereocenters. The van der Waals surface area contributed by atoms with Crippen molar-refractivity contribution in [2.75, 3.05) is 30.8 Å². The summed E-state index contributed by atoms with van der Waals surface area (Å²) in [7, 11) is 1.64. The van der Waals surface area contributed by atoms with Crippen LogP contribution in [0.25, 0.3) is 11.0 Å². The fraction of sp³-hybridized carbons (Fsp3) is 0.343. The first-order chi connectivity index (χ1) is 23.0. The summed E-state index contributed by atoms with van der Waals surface area (Å²) in [6.07, 6.45) is 3.02. The second kappa shape index (κ2) is 13.6. The number of benzene rings is 2. The molecule has 48 heavy (non-hydrogen) atoms. The van der Waals surface area contributed by atoms with Crippen molar-refractivity contribution in [2.24, 2.45) is 0 Å². The molecule has 0 saturated carbocycles. The number of nitrogens with zero attached hydrogens (tertiary/aromatic N) is 5. The first-order valence-corrected chi connectivity index (χ1v) is 15.8. The van der Waals surface area contributed by atoms with E-state index >= 15 is 0 Å². The predicted octanol–water partition coefficient (Wildman–Crippen LogP) is 6.64. The molecular weight excluding hydrogens is 614 g/mol. The largest absolute Gasteiger partial charge is 0.497 e. The van der Waals surface area contributed by atoms with Gasteiger partial charge in [-0.3, -0.25) is 4.79 Å². The molecule has 0 aliphatic carbocycles. The van der Waals surface area contributed by atoms with E-state index in [1.54, 1.807) is 61.5 Å². The van der Waals surface area contributed by atoms with Crippen LogP contribution in [-0.2, 0) is 11.3 Å². The monoisotopic (exact) mass is 653 g/mol. The highest BCUT2D eigenvalue weighted by Gasteiger charge is 2.29. The Kier molecular flexibility index (Phi) is 9.19. The smallest absolute Gasteiger partial charge is 0.410 e. The van der Waals surface area contributed by atoms with Crippen LogP contribution in [0.1, 0.15) is 55.3 Å². The van der Waals surface area contributed by atoms with Gasteiger partial charge < -0.3 is 34.3 Å². The number of nitrogens with one attached hydrogen (secondary N) is 2. The molecule has 6 rings (SSSR count). The highest BCUT2D eigenvalue weighted by Crippen LogP contribution is 2.35. The predicted molar refractivity (Wildman–Crippen MR) is 180 cm³/mol. The number of ether oxygens (including phenoxy) is 3. The van der Waals surface area contributed by atoms with Crippen LogP contribution in [0.3, 0.4) is 0 Å². The molecule has 1 atom stereocenters. The summed E-state index contributed by atoms with van der Waals surface area (Å²) >= 11 is 0. The highest BCUT2D eigenvalue weighted by atomic mass is 16.6. The third-order valence-electron chi connectivity index (χ3n) is 7.71. The summed E-state index contributed by atoms with van der Waals surface area (Å²) in [5.41, 5.74) is 1.50. The van der Waals surface area contributed by atoms with Crippen LogP contribution in [0.4, 0.5) is 16.4 Å². The molecule has 0 bridgehead atoms. The third-order valence-corrected chi connectivity index (χ3v) is 7.71. The van der Waals surface area contributed by atoms with Gasteiger partial charge in [-0.1, -0.05) is 17.3 Å². The highest BCUT2D eigenvalue weighted by molar-refractivity contribution is 6.03. The van der Waals surface area contributed by atoms with Gasteiger partial charge in [0.15, 0.2) is 17.3 Å². The molecule has 3 aromatic heterocycles. The molecule has 1 fully saturated rings. The first-order valence-electron chi connectivity index (χ1n) is 15.8. The lowest BCUT2D eigenvalue weighted by Gasteiger charge is -2.34. The average molecular weight is 654 g/mol. The Morgan fingerprint density at radius 1 is 1.04 bits per heavy atom. The van der Waals surface area contributed by atoms with Crippen LogP contribution < -0.4 is 20.1 Å². The maximum Gasteiger partial charge on any atom is 0.410 e. The van der Waals surface area contributed by atoms with Crippen molar-refractivity contribution >= 4 is 34.7 Å². The van der Waals surface area contributed by atoms with E-state index < -0.39 is 5.60 Å². The normalized spacial score (nSPS) is 14.9. The number of piperidine rings is 1. The van der Waals surface area contributed by atoms with Crippen molar-refractivity contribution in [3.05, 3.63) is 83.7 Å². The molecule has 2 amide bonds. The molecule has 13 heteroatoms. The molecule has 1 aliphatic rings. The van der Waals surface area contributed by atoms with Crippen molar-refractivity contribution in [1.29, 1.82) is 0 Å². The van der Waals surface area contributed by atoms with Crippen molar-refractivity contribution in [1.82, 2.24) is 24.8 Å². The van der Waals surface area contributed by atoms with Gasteiger partial charge in [-0.25, -0.2) is 14.5 Å². The molecule has 5 aromatic rings. The Labute approximate surface area is 278 Å². The molecule has 2 aromatic carbocycles. The van der Waals surface area contributed by atoms with E-state index in [2.05, 4.69) is 15.8 Å². The number of hydrogen-bond donors (Lipinski definition) is 2. The summed E-state index contributed by atoms with van der Waals surface area (Å²) in [6.45, 7) is 8.90. The average Bonchev–Trinajstić information content (AvgIpc) is 3.63. The third kappa shape index (κ3) is 7.68. The van der Waals surface area contributed by atoms with Gasteiger partial charge in [0.1, 0.15) is 34.0 Å². The Morgan fingerprint density at radius 3 is 2.48 bits per heavy atom. The van der Waals surface area contributed by atoms with Gasteiger partial charge in [0, 0.05) is 43.0 Å². The molecule has 1 saturated heterocycles. The minimum Gasteiger partial charge on any atom is -0.497 e. The number of hydrogen-bond acceptors (Lipinski definition) is 10. The van der Waals surface area contributed by atoms with Gasteiger partial charge in [-0.2, -0.15) is 5.10 Å². The number of methoxy groups -OCH3 is 1. The van der Waals surface area contributed by atoms with Crippen LogP contribution in [0.2, 0.25) is 0 Å². The van der Waals surface area contributed by atoms with Crippen molar-refractivity contribution in [3.63, 3.8) is 0 Å². The number of aromatic nitrogens is 4. The summed E-state index contributed by atoms with van der Waals surface area (Å²) in [5.74, 6) is 3.05. The van der Waals surface area contributed by atoms with Gasteiger partial charge in [-0.05, 0) is 82.5 Å². The number of amides is 2. The van der Waals surface area contributed by atoms with E-state index in [4.69, 9.17) is 28.8 Å². The van der Waals surface area contributed by atoms with E-state index in [1.807, 2.05) is 49.7 Å². The maximum atomic E-state index is 12.9. The topological polar surface area (TPSA) is 146 Å². The molecule has 250 valence electrons. The van der Waals surface area contributed by atoms with E-state index in [9.17, 15) is 9.59 Å². The lowest BCUT2D eigenvalue weighted by molar-refractivity contribution is 0.0206. The maximum absolute atomic E-state index is 12.9. The number of fused-ring (bicyclic) bond motifs is 1. The number of likely N-dealkylation sites (tertiary alicyclic amines) is 1. The number of carbonyl (C=O) groups excluding carboxylic acids is 2. The molecule has 2 N–H and O–H groups in total. The van der Waals surface area contributed by atoms with Crippen LogP contribution in [0, 0.1) is 6.92 Å². The Bertz CT molecular complexity index is 1890. The quantitative estimate of drug-likeness (QED) is 0.178. The zero-order valence-electron chi connectivity index (χ0n) is 27.6. The van der Waals surface area contributed by atoms with E-state index in [0.29, 0.717) is 65.1 Å². The van der Waals surface area contributed by atoms with Crippen molar-refractivity contribution < 1.29 is 28.3 Å². The van der Waals surface area contributed by atoms with E-state index in [1.165, 1.54) is 0 Å². The van der Waals surface area contributed by atoms with Gasteiger partial charge >= 0.3 is 6.09 Å². The van der Waals surface area contributed by atoms with Gasteiger partial charge in [0.25, 0.3) is 5.91 Å². The second-order valence-electron chi connectivity index (χ2n) is 12.7. The number of aryl methyl sites for hydroxylation is 1. The van der Waals surface area contributed by atoms with Crippen LogP contribution in [0.5, 0.6) is 17.2 Å². The van der Waals surface area contributed by atoms with Gasteiger partial charge in [0.05, 0.1) is 13.7 Å². The van der Waals surface area contributed by atoms with Crippen LogP contribution in [-0.4, -0.2) is 68.7 Å². The lowest BCUT2D eigenvalue weighted by Crippen LogP contribution is -2.47. The van der Waals surface area contributed by atoms with Crippen LogP contribution >= 0.6 is 0 Å². The zero-order valence-corrected chi connectivity index (χ0v) is 27.6. The second-order valence-corrected chi connectivity index (χ2v) is 12.7. The number of pyridine rings is 1. The molecule has 13 nitrogen and oxygen atoms in total. The first kappa shape index (κ1) is 32.4. The molecule has 0 radical (unpaired) electrons.